The lowest BCUT2D eigenvalue weighted by Crippen LogP contribution is -2.26. The van der Waals surface area contributed by atoms with Gasteiger partial charge in [0.1, 0.15) is 4.90 Å². The summed E-state index contributed by atoms with van der Waals surface area (Å²) in [4.78, 5) is 13.9. The second-order valence-electron chi connectivity index (χ2n) is 4.18. The molecule has 0 spiro atoms. The van der Waals surface area contributed by atoms with Gasteiger partial charge in [0.25, 0.3) is 0 Å². The van der Waals surface area contributed by atoms with Crippen LogP contribution in [0.5, 0.6) is 0 Å². The highest BCUT2D eigenvalue weighted by atomic mass is 32.2. The molecule has 0 radical (unpaired) electrons. The third kappa shape index (κ3) is 2.91. The Hall–Kier alpha value is -2.06. The zero-order chi connectivity index (χ0) is 14.8. The molecule has 7 nitrogen and oxygen atoms in total. The molecule has 1 heterocycles. The number of benzene rings is 1. The van der Waals surface area contributed by atoms with Crippen molar-refractivity contribution in [3.63, 3.8) is 0 Å². The van der Waals surface area contributed by atoms with Crippen LogP contribution in [0.3, 0.4) is 0 Å². The van der Waals surface area contributed by atoms with Crippen molar-refractivity contribution in [2.75, 3.05) is 19.4 Å². The van der Waals surface area contributed by atoms with E-state index in [9.17, 15) is 13.2 Å². The standard InChI is InChI=1S/C12H15N3O4S/c1-19-12(16)4-5-15-20(17,18)11-7-14-10-3-2-8(13)6-9(10)11/h2-3,6-7,14-15H,4-5,13H2,1H3. The molecule has 0 saturated carbocycles. The number of sulfonamides is 1. The summed E-state index contributed by atoms with van der Waals surface area (Å²) in [5, 5.41) is 0.510. The first-order valence-corrected chi connectivity index (χ1v) is 7.35. The van der Waals surface area contributed by atoms with Gasteiger partial charge in [-0.15, -0.1) is 0 Å². The minimum atomic E-state index is -3.71. The SMILES string of the molecule is COC(=O)CCNS(=O)(=O)c1c[nH]c2ccc(N)cc12. The van der Waals surface area contributed by atoms with Crippen LogP contribution in [0.1, 0.15) is 6.42 Å². The molecule has 0 bridgehead atoms. The number of methoxy groups -OCH3 is 1. The van der Waals surface area contributed by atoms with E-state index in [-0.39, 0.29) is 17.9 Å². The van der Waals surface area contributed by atoms with Crippen molar-refractivity contribution >= 4 is 32.6 Å². The molecule has 0 atom stereocenters. The number of nitrogens with one attached hydrogen (secondary N) is 2. The molecule has 1 aromatic carbocycles. The Balaban J connectivity index is 2.23. The molecular formula is C12H15N3O4S. The first-order valence-electron chi connectivity index (χ1n) is 5.87. The quantitative estimate of drug-likeness (QED) is 0.552. The maximum Gasteiger partial charge on any atom is 0.306 e. The molecular weight excluding hydrogens is 282 g/mol. The molecule has 0 unspecified atom stereocenters. The molecule has 0 amide bonds. The summed E-state index contributed by atoms with van der Waals surface area (Å²) in [6, 6.07) is 4.97. The van der Waals surface area contributed by atoms with E-state index >= 15 is 0 Å². The molecule has 20 heavy (non-hydrogen) atoms. The second kappa shape index (κ2) is 5.51. The maximum atomic E-state index is 12.2. The van der Waals surface area contributed by atoms with Gasteiger partial charge in [-0.2, -0.15) is 0 Å². The van der Waals surface area contributed by atoms with Gasteiger partial charge in [0.05, 0.1) is 13.5 Å². The number of H-pyrrole nitrogens is 1. The van der Waals surface area contributed by atoms with Gasteiger partial charge in [-0.1, -0.05) is 0 Å². The number of fused-ring (bicyclic) bond motifs is 1. The molecule has 2 rings (SSSR count). The first-order chi connectivity index (χ1) is 9.44. The number of carbonyl (C=O) groups is 1. The normalized spacial score (nSPS) is 11.7. The zero-order valence-electron chi connectivity index (χ0n) is 10.8. The summed E-state index contributed by atoms with van der Waals surface area (Å²) in [5.74, 6) is -0.476. The third-order valence-electron chi connectivity index (χ3n) is 2.81. The fourth-order valence-electron chi connectivity index (χ4n) is 1.80. The number of aromatic amines is 1. The lowest BCUT2D eigenvalue weighted by Gasteiger charge is -2.05. The zero-order valence-corrected chi connectivity index (χ0v) is 11.7. The fourth-order valence-corrected chi connectivity index (χ4v) is 3.00. The Bertz CT molecular complexity index is 736. The van der Waals surface area contributed by atoms with Crippen molar-refractivity contribution in [1.29, 1.82) is 0 Å². The maximum absolute atomic E-state index is 12.2. The van der Waals surface area contributed by atoms with Crippen molar-refractivity contribution in [2.45, 2.75) is 11.3 Å². The van der Waals surface area contributed by atoms with Gasteiger partial charge in [0, 0.05) is 29.3 Å². The molecule has 2 aromatic rings. The van der Waals surface area contributed by atoms with Gasteiger partial charge in [-0.05, 0) is 18.2 Å². The lowest BCUT2D eigenvalue weighted by molar-refractivity contribution is -0.140. The first kappa shape index (κ1) is 14.4. The Labute approximate surface area is 116 Å². The van der Waals surface area contributed by atoms with Gasteiger partial charge in [-0.25, -0.2) is 13.1 Å². The minimum Gasteiger partial charge on any atom is -0.469 e. The Morgan fingerprint density at radius 1 is 1.45 bits per heavy atom. The smallest absolute Gasteiger partial charge is 0.306 e. The average molecular weight is 297 g/mol. The highest BCUT2D eigenvalue weighted by Crippen LogP contribution is 2.24. The van der Waals surface area contributed by atoms with Crippen LogP contribution in [0.2, 0.25) is 0 Å². The second-order valence-corrected chi connectivity index (χ2v) is 5.92. The van der Waals surface area contributed by atoms with Crippen LogP contribution in [0.25, 0.3) is 10.9 Å². The molecule has 108 valence electrons. The van der Waals surface area contributed by atoms with Crippen LogP contribution in [0.15, 0.2) is 29.3 Å². The summed E-state index contributed by atoms with van der Waals surface area (Å²) in [6.45, 7) is -0.0238. The van der Waals surface area contributed by atoms with E-state index < -0.39 is 16.0 Å². The van der Waals surface area contributed by atoms with Crippen LogP contribution in [0, 0.1) is 0 Å². The van der Waals surface area contributed by atoms with E-state index in [1.165, 1.54) is 13.3 Å². The van der Waals surface area contributed by atoms with Crippen LogP contribution >= 0.6 is 0 Å². The number of nitrogens with two attached hydrogens (primary N) is 1. The number of ether oxygens (including phenoxy) is 1. The highest BCUT2D eigenvalue weighted by molar-refractivity contribution is 7.89. The number of hydrogen-bond acceptors (Lipinski definition) is 5. The Morgan fingerprint density at radius 2 is 2.20 bits per heavy atom. The van der Waals surface area contributed by atoms with Crippen molar-refractivity contribution in [3.8, 4) is 0 Å². The molecule has 0 aliphatic heterocycles. The highest BCUT2D eigenvalue weighted by Gasteiger charge is 2.19. The summed E-state index contributed by atoms with van der Waals surface area (Å²) in [5.41, 5.74) is 6.81. The van der Waals surface area contributed by atoms with E-state index in [2.05, 4.69) is 14.4 Å². The predicted molar refractivity (Wildman–Crippen MR) is 74.5 cm³/mol. The van der Waals surface area contributed by atoms with E-state index in [1.807, 2.05) is 0 Å². The Morgan fingerprint density at radius 3 is 2.90 bits per heavy atom. The summed E-state index contributed by atoms with van der Waals surface area (Å²) in [7, 11) is -2.46. The number of anilines is 1. The van der Waals surface area contributed by atoms with Crippen LogP contribution < -0.4 is 10.5 Å². The monoisotopic (exact) mass is 297 g/mol. The minimum absolute atomic E-state index is 0.0238. The number of rotatable bonds is 5. The Kier molecular flexibility index (Phi) is 3.96. The van der Waals surface area contributed by atoms with E-state index in [1.54, 1.807) is 18.2 Å². The topological polar surface area (TPSA) is 114 Å². The third-order valence-corrected chi connectivity index (χ3v) is 4.31. The molecule has 1 aromatic heterocycles. The van der Waals surface area contributed by atoms with Gasteiger partial charge in [0.15, 0.2) is 0 Å². The van der Waals surface area contributed by atoms with Gasteiger partial charge >= 0.3 is 5.97 Å². The van der Waals surface area contributed by atoms with Crippen LogP contribution in [-0.4, -0.2) is 33.0 Å². The van der Waals surface area contributed by atoms with E-state index in [4.69, 9.17) is 5.73 Å². The van der Waals surface area contributed by atoms with Crippen molar-refractivity contribution < 1.29 is 17.9 Å². The summed E-state index contributed by atoms with van der Waals surface area (Å²) >= 11 is 0. The average Bonchev–Trinajstić information content (AvgIpc) is 2.81. The predicted octanol–water partition coefficient (Wildman–Crippen LogP) is 0.591. The van der Waals surface area contributed by atoms with Crippen LogP contribution in [-0.2, 0) is 19.6 Å². The van der Waals surface area contributed by atoms with Crippen molar-refractivity contribution in [3.05, 3.63) is 24.4 Å². The van der Waals surface area contributed by atoms with E-state index in [0.717, 1.165) is 0 Å². The molecule has 8 heteroatoms. The molecule has 0 fully saturated rings. The number of aromatic nitrogens is 1. The molecule has 0 saturated heterocycles. The largest absolute Gasteiger partial charge is 0.469 e. The summed E-state index contributed by atoms with van der Waals surface area (Å²) in [6.07, 6.45) is 1.37. The molecule has 0 aliphatic rings. The number of hydrogen-bond donors (Lipinski definition) is 3. The molecule has 0 aliphatic carbocycles. The molecule has 4 N–H and O–H groups in total. The lowest BCUT2D eigenvalue weighted by atomic mass is 10.2. The fraction of sp³-hybridized carbons (Fsp3) is 0.250. The van der Waals surface area contributed by atoms with Crippen LogP contribution in [0.4, 0.5) is 5.69 Å². The number of esters is 1. The van der Waals surface area contributed by atoms with Crippen molar-refractivity contribution in [1.82, 2.24) is 9.71 Å². The van der Waals surface area contributed by atoms with Crippen molar-refractivity contribution in [2.24, 2.45) is 0 Å². The van der Waals surface area contributed by atoms with Gasteiger partial charge in [-0.3, -0.25) is 4.79 Å². The summed E-state index contributed by atoms with van der Waals surface area (Å²) < 4.78 is 31.1. The number of carbonyl (C=O) groups excluding carboxylic acids is 1. The van der Waals surface area contributed by atoms with E-state index in [0.29, 0.717) is 16.6 Å². The van der Waals surface area contributed by atoms with Gasteiger partial charge in [0.2, 0.25) is 10.0 Å². The van der Waals surface area contributed by atoms with Gasteiger partial charge < -0.3 is 15.5 Å². The number of nitrogen functional groups attached to an aromatic ring is 1.